The maximum atomic E-state index is 14.4. The molecule has 9 heteroatoms. The Balaban J connectivity index is 1.32. The Kier molecular flexibility index (Phi) is 6.07. The molecule has 1 aliphatic carbocycles. The lowest BCUT2D eigenvalue weighted by molar-refractivity contribution is -0.136. The molecule has 1 aliphatic heterocycles. The molecule has 4 amide bonds. The summed E-state index contributed by atoms with van der Waals surface area (Å²) in [6.07, 6.45) is 5.95. The van der Waals surface area contributed by atoms with Crippen LogP contribution in [0.15, 0.2) is 42.7 Å². The maximum Gasteiger partial charge on any atom is 0.325 e. The predicted molar refractivity (Wildman–Crippen MR) is 113 cm³/mol. The number of pyridine rings is 1. The number of hydrogen-bond acceptors (Lipinski definition) is 5. The summed E-state index contributed by atoms with van der Waals surface area (Å²) in [7, 11) is 0. The lowest BCUT2D eigenvalue weighted by Crippen LogP contribution is -2.49. The van der Waals surface area contributed by atoms with Gasteiger partial charge in [-0.2, -0.15) is 0 Å². The number of rotatable bonds is 6. The van der Waals surface area contributed by atoms with Crippen LogP contribution in [0.25, 0.3) is 0 Å². The monoisotopic (exact) mass is 440 g/mol. The van der Waals surface area contributed by atoms with Gasteiger partial charge in [0, 0.05) is 12.7 Å². The molecule has 2 heterocycles. The topological polar surface area (TPSA) is 101 Å². The lowest BCUT2D eigenvalue weighted by Gasteiger charge is -2.33. The van der Waals surface area contributed by atoms with Crippen molar-refractivity contribution >= 4 is 17.8 Å². The van der Waals surface area contributed by atoms with Crippen molar-refractivity contribution in [3.05, 3.63) is 54.1 Å². The minimum Gasteiger partial charge on any atom is -0.453 e. The summed E-state index contributed by atoms with van der Waals surface area (Å²) in [5.74, 6) is -0.448. The molecule has 0 bridgehead atoms. The standard InChI is InChI=1S/C23H25FN4O4/c1-15-6-8-23(9-7-15)21(30)28(22(31)27-23)14-20(29)26-12-16-4-5-19(18(24)11-16)32-17-3-2-10-25-13-17/h2-5,10-11,13,15H,6-9,12,14H2,1H3,(H,26,29)(H,27,31). The molecule has 8 nitrogen and oxygen atoms in total. The number of nitrogens with one attached hydrogen (secondary N) is 2. The smallest absolute Gasteiger partial charge is 0.325 e. The van der Waals surface area contributed by atoms with Gasteiger partial charge in [0.15, 0.2) is 11.6 Å². The first-order valence-electron chi connectivity index (χ1n) is 10.6. The molecule has 0 unspecified atom stereocenters. The van der Waals surface area contributed by atoms with Crippen molar-refractivity contribution in [2.75, 3.05) is 6.54 Å². The van der Waals surface area contributed by atoms with Crippen molar-refractivity contribution < 1.29 is 23.5 Å². The molecule has 1 aromatic heterocycles. The number of carbonyl (C=O) groups excluding carboxylic acids is 3. The highest BCUT2D eigenvalue weighted by Crippen LogP contribution is 2.36. The minimum atomic E-state index is -0.878. The number of aromatic nitrogens is 1. The molecule has 1 saturated carbocycles. The van der Waals surface area contributed by atoms with Gasteiger partial charge in [0.05, 0.1) is 6.20 Å². The fraction of sp³-hybridized carbons (Fsp3) is 0.391. The third-order valence-corrected chi connectivity index (χ3v) is 6.02. The van der Waals surface area contributed by atoms with Crippen LogP contribution in [0.4, 0.5) is 9.18 Å². The number of nitrogens with zero attached hydrogens (tertiary/aromatic N) is 2. The van der Waals surface area contributed by atoms with Crippen molar-refractivity contribution in [3.8, 4) is 11.5 Å². The number of benzene rings is 1. The van der Waals surface area contributed by atoms with E-state index in [9.17, 15) is 18.8 Å². The fourth-order valence-corrected chi connectivity index (χ4v) is 4.09. The fourth-order valence-electron chi connectivity index (χ4n) is 4.09. The third-order valence-electron chi connectivity index (χ3n) is 6.02. The summed E-state index contributed by atoms with van der Waals surface area (Å²) in [4.78, 5) is 42.4. The zero-order chi connectivity index (χ0) is 22.7. The van der Waals surface area contributed by atoms with E-state index in [0.717, 1.165) is 17.7 Å². The maximum absolute atomic E-state index is 14.4. The molecule has 0 atom stereocenters. The van der Waals surface area contributed by atoms with E-state index < -0.39 is 23.3 Å². The van der Waals surface area contributed by atoms with Gasteiger partial charge in [-0.25, -0.2) is 9.18 Å². The Morgan fingerprint density at radius 3 is 2.78 bits per heavy atom. The number of hydrogen-bond donors (Lipinski definition) is 2. The molecule has 2 aliphatic rings. The first-order chi connectivity index (χ1) is 15.4. The number of amides is 4. The van der Waals surface area contributed by atoms with E-state index in [1.165, 1.54) is 18.3 Å². The number of halogens is 1. The van der Waals surface area contributed by atoms with Crippen molar-refractivity contribution in [2.24, 2.45) is 5.92 Å². The van der Waals surface area contributed by atoms with Crippen LogP contribution >= 0.6 is 0 Å². The molecule has 1 spiro atoms. The molecular weight excluding hydrogens is 415 g/mol. The summed E-state index contributed by atoms with van der Waals surface area (Å²) in [5, 5.41) is 5.42. The number of urea groups is 1. The molecular formula is C23H25FN4O4. The van der Waals surface area contributed by atoms with Crippen LogP contribution in [0.1, 0.15) is 38.2 Å². The number of ether oxygens (including phenoxy) is 1. The molecule has 2 N–H and O–H groups in total. The van der Waals surface area contributed by atoms with Crippen LogP contribution in [0.2, 0.25) is 0 Å². The minimum absolute atomic E-state index is 0.0412. The highest BCUT2D eigenvalue weighted by Gasteiger charge is 2.52. The van der Waals surface area contributed by atoms with Crippen LogP contribution in [-0.2, 0) is 16.1 Å². The first kappa shape index (κ1) is 21.7. The average Bonchev–Trinajstić information content (AvgIpc) is 3.01. The molecule has 168 valence electrons. The quantitative estimate of drug-likeness (QED) is 0.672. The van der Waals surface area contributed by atoms with Crippen molar-refractivity contribution in [2.45, 2.75) is 44.7 Å². The van der Waals surface area contributed by atoms with Crippen molar-refractivity contribution in [3.63, 3.8) is 0 Å². The lowest BCUT2D eigenvalue weighted by atomic mass is 9.77. The molecule has 2 aromatic rings. The van der Waals surface area contributed by atoms with Crippen molar-refractivity contribution in [1.29, 1.82) is 0 Å². The van der Waals surface area contributed by atoms with E-state index in [1.54, 1.807) is 24.4 Å². The van der Waals surface area contributed by atoms with Crippen LogP contribution in [0.5, 0.6) is 11.5 Å². The van der Waals surface area contributed by atoms with E-state index in [4.69, 9.17) is 4.74 Å². The average molecular weight is 440 g/mol. The summed E-state index contributed by atoms with van der Waals surface area (Å²) in [6.45, 7) is 1.81. The van der Waals surface area contributed by atoms with Crippen LogP contribution in [0, 0.1) is 11.7 Å². The molecule has 1 saturated heterocycles. The Bertz CT molecular complexity index is 1020. The second-order valence-electron chi connectivity index (χ2n) is 8.42. The van der Waals surface area contributed by atoms with Gasteiger partial charge in [-0.05, 0) is 61.4 Å². The number of carbonyl (C=O) groups is 3. The highest BCUT2D eigenvalue weighted by molar-refractivity contribution is 6.09. The highest BCUT2D eigenvalue weighted by atomic mass is 19.1. The SMILES string of the molecule is CC1CCC2(CC1)NC(=O)N(CC(=O)NCc1ccc(Oc3cccnc3)c(F)c1)C2=O. The molecule has 4 rings (SSSR count). The number of imide groups is 1. The Hall–Kier alpha value is -3.49. The predicted octanol–water partition coefficient (Wildman–Crippen LogP) is 3.13. The van der Waals surface area contributed by atoms with Gasteiger partial charge in [-0.15, -0.1) is 0 Å². The Labute approximate surface area is 185 Å². The van der Waals surface area contributed by atoms with Crippen molar-refractivity contribution in [1.82, 2.24) is 20.5 Å². The van der Waals surface area contributed by atoms with Crippen LogP contribution in [-0.4, -0.2) is 39.8 Å². The van der Waals surface area contributed by atoms with Gasteiger partial charge >= 0.3 is 6.03 Å². The Morgan fingerprint density at radius 2 is 2.09 bits per heavy atom. The van der Waals surface area contributed by atoms with Gasteiger partial charge in [-0.3, -0.25) is 19.5 Å². The second-order valence-corrected chi connectivity index (χ2v) is 8.42. The van der Waals surface area contributed by atoms with E-state index in [0.29, 0.717) is 30.1 Å². The largest absolute Gasteiger partial charge is 0.453 e. The summed E-state index contributed by atoms with van der Waals surface area (Å²) < 4.78 is 19.8. The van der Waals surface area contributed by atoms with Gasteiger partial charge < -0.3 is 15.4 Å². The van der Waals surface area contributed by atoms with E-state index in [-0.39, 0.29) is 24.7 Å². The third kappa shape index (κ3) is 4.56. The molecule has 0 radical (unpaired) electrons. The first-order valence-corrected chi connectivity index (χ1v) is 10.6. The van der Waals surface area contributed by atoms with E-state index >= 15 is 0 Å². The van der Waals surface area contributed by atoms with E-state index in [2.05, 4.69) is 22.5 Å². The molecule has 32 heavy (non-hydrogen) atoms. The second kappa shape index (κ2) is 8.94. The molecule has 2 fully saturated rings. The van der Waals surface area contributed by atoms with Gasteiger partial charge in [0.2, 0.25) is 5.91 Å². The summed E-state index contributed by atoms with van der Waals surface area (Å²) >= 11 is 0. The van der Waals surface area contributed by atoms with Crippen LogP contribution < -0.4 is 15.4 Å². The summed E-state index contributed by atoms with van der Waals surface area (Å²) in [6, 6.07) is 7.16. The van der Waals surface area contributed by atoms with Gasteiger partial charge in [0.25, 0.3) is 5.91 Å². The summed E-state index contributed by atoms with van der Waals surface area (Å²) in [5.41, 5.74) is -0.360. The van der Waals surface area contributed by atoms with Crippen LogP contribution in [0.3, 0.4) is 0 Å². The zero-order valence-electron chi connectivity index (χ0n) is 17.8. The van der Waals surface area contributed by atoms with Gasteiger partial charge in [-0.1, -0.05) is 13.0 Å². The van der Waals surface area contributed by atoms with Gasteiger partial charge in [0.1, 0.15) is 17.8 Å². The Morgan fingerprint density at radius 1 is 1.31 bits per heavy atom. The normalized spacial score (nSPS) is 22.7. The zero-order valence-corrected chi connectivity index (χ0v) is 17.8. The molecule has 1 aromatic carbocycles. The van der Waals surface area contributed by atoms with E-state index in [1.807, 2.05) is 0 Å².